The molecule has 2 N–H and O–H groups in total. The average molecular weight is 347 g/mol. The van der Waals surface area contributed by atoms with Gasteiger partial charge in [0.05, 0.1) is 0 Å². The van der Waals surface area contributed by atoms with Crippen molar-refractivity contribution >= 4 is 11.6 Å². The van der Waals surface area contributed by atoms with Gasteiger partial charge in [-0.3, -0.25) is 4.79 Å². The lowest BCUT2D eigenvalue weighted by Crippen LogP contribution is -2.44. The average Bonchev–Trinajstić information content (AvgIpc) is 2.67. The predicted octanol–water partition coefficient (Wildman–Crippen LogP) is 2.83. The lowest BCUT2D eigenvalue weighted by Gasteiger charge is -2.35. The van der Waals surface area contributed by atoms with E-state index in [1.165, 1.54) is 0 Å². The van der Waals surface area contributed by atoms with Crippen LogP contribution < -0.4 is 5.73 Å². The molecule has 0 radical (unpaired) electrons. The Balaban J connectivity index is 1.63. The third kappa shape index (κ3) is 4.44. The van der Waals surface area contributed by atoms with Crippen molar-refractivity contribution in [3.05, 3.63) is 65.2 Å². The van der Waals surface area contributed by atoms with Gasteiger partial charge in [0.15, 0.2) is 0 Å². The molecule has 1 saturated heterocycles. The SMILES string of the molecule is CN(C)C1CCN(C(=O)c2ccc(C#Cc3ccc(N)cc3)cc2)CC1. The zero-order valence-electron chi connectivity index (χ0n) is 15.4. The number of hydrogen-bond donors (Lipinski definition) is 1. The zero-order valence-corrected chi connectivity index (χ0v) is 15.4. The Bertz CT molecular complexity index is 805. The van der Waals surface area contributed by atoms with Gasteiger partial charge in [0.25, 0.3) is 5.91 Å². The summed E-state index contributed by atoms with van der Waals surface area (Å²) in [5.74, 6) is 6.34. The molecule has 1 aliphatic rings. The lowest BCUT2D eigenvalue weighted by atomic mass is 10.0. The zero-order chi connectivity index (χ0) is 18.5. The van der Waals surface area contributed by atoms with E-state index >= 15 is 0 Å². The highest BCUT2D eigenvalue weighted by atomic mass is 16.2. The molecule has 4 heteroatoms. The Morgan fingerprint density at radius 1 is 0.962 bits per heavy atom. The number of carbonyl (C=O) groups is 1. The van der Waals surface area contributed by atoms with E-state index in [2.05, 4.69) is 30.8 Å². The van der Waals surface area contributed by atoms with Crippen LogP contribution in [0.5, 0.6) is 0 Å². The number of piperidine rings is 1. The fourth-order valence-corrected chi connectivity index (χ4v) is 3.17. The number of hydrogen-bond acceptors (Lipinski definition) is 3. The Morgan fingerprint density at radius 2 is 1.46 bits per heavy atom. The third-order valence-corrected chi connectivity index (χ3v) is 4.88. The van der Waals surface area contributed by atoms with Gasteiger partial charge in [-0.05, 0) is 75.5 Å². The van der Waals surface area contributed by atoms with Crippen molar-refractivity contribution in [2.75, 3.05) is 32.9 Å². The minimum Gasteiger partial charge on any atom is -0.399 e. The minimum atomic E-state index is 0.111. The molecular formula is C22H25N3O. The molecule has 0 spiro atoms. The van der Waals surface area contributed by atoms with Gasteiger partial charge in [-0.15, -0.1) is 0 Å². The molecule has 3 rings (SSSR count). The van der Waals surface area contributed by atoms with Gasteiger partial charge >= 0.3 is 0 Å². The number of rotatable bonds is 2. The Labute approximate surface area is 155 Å². The second kappa shape index (κ2) is 8.07. The molecular weight excluding hydrogens is 322 g/mol. The fraction of sp³-hybridized carbons (Fsp3) is 0.318. The van der Waals surface area contributed by atoms with E-state index in [9.17, 15) is 4.79 Å². The number of nitrogens with zero attached hydrogens (tertiary/aromatic N) is 2. The van der Waals surface area contributed by atoms with E-state index in [-0.39, 0.29) is 5.91 Å². The molecule has 0 saturated carbocycles. The van der Waals surface area contributed by atoms with E-state index in [0.717, 1.165) is 48.3 Å². The van der Waals surface area contributed by atoms with Gasteiger partial charge in [0, 0.05) is 41.5 Å². The van der Waals surface area contributed by atoms with E-state index in [1.807, 2.05) is 53.4 Å². The van der Waals surface area contributed by atoms with E-state index in [1.54, 1.807) is 0 Å². The van der Waals surface area contributed by atoms with Gasteiger partial charge in [0.1, 0.15) is 0 Å². The van der Waals surface area contributed by atoms with Crippen LogP contribution in [-0.4, -0.2) is 48.9 Å². The first-order chi connectivity index (χ1) is 12.5. The van der Waals surface area contributed by atoms with E-state index < -0.39 is 0 Å². The summed E-state index contributed by atoms with van der Waals surface area (Å²) in [7, 11) is 4.21. The first-order valence-corrected chi connectivity index (χ1v) is 8.96. The number of nitrogens with two attached hydrogens (primary N) is 1. The van der Waals surface area contributed by atoms with Crippen molar-refractivity contribution in [2.45, 2.75) is 18.9 Å². The quantitative estimate of drug-likeness (QED) is 0.671. The van der Waals surface area contributed by atoms with Crippen LogP contribution in [0.15, 0.2) is 48.5 Å². The van der Waals surface area contributed by atoms with Gasteiger partial charge < -0.3 is 15.5 Å². The maximum absolute atomic E-state index is 12.7. The van der Waals surface area contributed by atoms with Crippen LogP contribution >= 0.6 is 0 Å². The molecule has 1 fully saturated rings. The Kier molecular flexibility index (Phi) is 5.60. The topological polar surface area (TPSA) is 49.6 Å². The van der Waals surface area contributed by atoms with Crippen LogP contribution in [0.25, 0.3) is 0 Å². The standard InChI is InChI=1S/C22H25N3O/c1-24(2)21-13-15-25(16-14-21)22(26)19-9-5-17(6-10-19)3-4-18-7-11-20(23)12-8-18/h5-12,21H,13-16,23H2,1-2H3. The maximum atomic E-state index is 12.7. The molecule has 134 valence electrons. The first-order valence-electron chi connectivity index (χ1n) is 8.96. The lowest BCUT2D eigenvalue weighted by molar-refractivity contribution is 0.0663. The molecule has 0 aliphatic carbocycles. The number of amides is 1. The summed E-state index contributed by atoms with van der Waals surface area (Å²) in [5.41, 5.74) is 8.95. The fourth-order valence-electron chi connectivity index (χ4n) is 3.17. The summed E-state index contributed by atoms with van der Waals surface area (Å²) in [6.45, 7) is 1.64. The maximum Gasteiger partial charge on any atom is 0.253 e. The predicted molar refractivity (Wildman–Crippen MR) is 106 cm³/mol. The van der Waals surface area contributed by atoms with Crippen molar-refractivity contribution in [3.8, 4) is 11.8 Å². The van der Waals surface area contributed by atoms with E-state index in [4.69, 9.17) is 5.73 Å². The van der Waals surface area contributed by atoms with Crippen molar-refractivity contribution in [2.24, 2.45) is 0 Å². The molecule has 26 heavy (non-hydrogen) atoms. The van der Waals surface area contributed by atoms with E-state index in [0.29, 0.717) is 6.04 Å². The first kappa shape index (κ1) is 18.0. The van der Waals surface area contributed by atoms with Gasteiger partial charge in [-0.2, -0.15) is 0 Å². The number of nitrogen functional groups attached to an aromatic ring is 1. The number of likely N-dealkylation sites (tertiary alicyclic amines) is 1. The van der Waals surface area contributed by atoms with Crippen LogP contribution in [0.2, 0.25) is 0 Å². The van der Waals surface area contributed by atoms with Gasteiger partial charge in [-0.1, -0.05) is 11.8 Å². The van der Waals surface area contributed by atoms with Crippen molar-refractivity contribution in [1.82, 2.24) is 9.80 Å². The summed E-state index contributed by atoms with van der Waals surface area (Å²) in [6.07, 6.45) is 2.06. The molecule has 1 amide bonds. The summed E-state index contributed by atoms with van der Waals surface area (Å²) < 4.78 is 0. The van der Waals surface area contributed by atoms with Gasteiger partial charge in [0.2, 0.25) is 0 Å². The van der Waals surface area contributed by atoms with Crippen LogP contribution in [0.1, 0.15) is 34.3 Å². The Hall–Kier alpha value is -2.77. The third-order valence-electron chi connectivity index (χ3n) is 4.88. The van der Waals surface area contributed by atoms with Crippen LogP contribution in [0.4, 0.5) is 5.69 Å². The summed E-state index contributed by atoms with van der Waals surface area (Å²) >= 11 is 0. The molecule has 1 aliphatic heterocycles. The highest BCUT2D eigenvalue weighted by molar-refractivity contribution is 5.94. The molecule has 0 unspecified atom stereocenters. The monoisotopic (exact) mass is 347 g/mol. The van der Waals surface area contributed by atoms with Crippen molar-refractivity contribution in [3.63, 3.8) is 0 Å². The molecule has 0 atom stereocenters. The molecule has 2 aromatic rings. The van der Waals surface area contributed by atoms with Gasteiger partial charge in [-0.25, -0.2) is 0 Å². The van der Waals surface area contributed by atoms with Crippen molar-refractivity contribution < 1.29 is 4.79 Å². The summed E-state index contributed by atoms with van der Waals surface area (Å²) in [5, 5.41) is 0. The largest absolute Gasteiger partial charge is 0.399 e. The number of anilines is 1. The minimum absolute atomic E-state index is 0.111. The number of benzene rings is 2. The summed E-state index contributed by atoms with van der Waals surface area (Å²) in [4.78, 5) is 16.9. The molecule has 0 bridgehead atoms. The highest BCUT2D eigenvalue weighted by Crippen LogP contribution is 2.17. The van der Waals surface area contributed by atoms with Crippen LogP contribution in [0, 0.1) is 11.8 Å². The molecule has 1 heterocycles. The van der Waals surface area contributed by atoms with Crippen LogP contribution in [0.3, 0.4) is 0 Å². The highest BCUT2D eigenvalue weighted by Gasteiger charge is 2.24. The molecule has 4 nitrogen and oxygen atoms in total. The molecule has 0 aromatic heterocycles. The second-order valence-corrected chi connectivity index (χ2v) is 6.94. The normalized spacial score (nSPS) is 14.8. The smallest absolute Gasteiger partial charge is 0.253 e. The molecule has 2 aromatic carbocycles. The number of carbonyl (C=O) groups excluding carboxylic acids is 1. The second-order valence-electron chi connectivity index (χ2n) is 6.94. The summed E-state index contributed by atoms with van der Waals surface area (Å²) in [6, 6.07) is 15.6. The Morgan fingerprint density at radius 3 is 1.96 bits per heavy atom. The van der Waals surface area contributed by atoms with Crippen molar-refractivity contribution in [1.29, 1.82) is 0 Å². The van der Waals surface area contributed by atoms with Crippen LogP contribution in [-0.2, 0) is 0 Å².